The highest BCUT2D eigenvalue weighted by atomic mass is 19.4. The molecular formula is C11H19F3. The van der Waals surface area contributed by atoms with Crippen LogP contribution in [0, 0.1) is 11.3 Å². The second-order valence-corrected chi connectivity index (χ2v) is 4.38. The molecule has 0 aromatic carbocycles. The van der Waals surface area contributed by atoms with Crippen LogP contribution in [0.4, 0.5) is 13.2 Å². The summed E-state index contributed by atoms with van der Waals surface area (Å²) in [6.07, 6.45) is -0.803. The lowest BCUT2D eigenvalue weighted by Gasteiger charge is -2.31. The van der Waals surface area contributed by atoms with Crippen molar-refractivity contribution < 1.29 is 13.2 Å². The Hall–Kier alpha value is -0.470. The minimum Gasteiger partial charge on any atom is -0.171 e. The third-order valence-corrected chi connectivity index (χ3v) is 2.64. The molecule has 0 spiro atoms. The van der Waals surface area contributed by atoms with Gasteiger partial charge in [-0.3, -0.25) is 0 Å². The fourth-order valence-corrected chi connectivity index (χ4v) is 1.47. The molecule has 0 nitrogen and oxygen atoms in total. The Morgan fingerprint density at radius 1 is 1.29 bits per heavy atom. The van der Waals surface area contributed by atoms with Crippen LogP contribution < -0.4 is 0 Å². The molecule has 1 atom stereocenters. The van der Waals surface area contributed by atoms with Gasteiger partial charge in [0.1, 0.15) is 0 Å². The third-order valence-electron chi connectivity index (χ3n) is 2.64. The van der Waals surface area contributed by atoms with E-state index in [1.54, 1.807) is 6.08 Å². The molecule has 0 radical (unpaired) electrons. The van der Waals surface area contributed by atoms with Crippen molar-refractivity contribution in [2.24, 2.45) is 11.3 Å². The predicted molar refractivity (Wildman–Crippen MR) is 53.0 cm³/mol. The molecule has 0 aliphatic rings. The van der Waals surface area contributed by atoms with E-state index in [0.717, 1.165) is 6.42 Å². The van der Waals surface area contributed by atoms with Gasteiger partial charge < -0.3 is 0 Å². The zero-order chi connectivity index (χ0) is 11.4. The quantitative estimate of drug-likeness (QED) is 0.581. The monoisotopic (exact) mass is 208 g/mol. The molecule has 0 heterocycles. The molecule has 0 fully saturated rings. The maximum absolute atomic E-state index is 12.5. The molecular weight excluding hydrogens is 189 g/mol. The highest BCUT2D eigenvalue weighted by molar-refractivity contribution is 4.83. The number of hydrogen-bond acceptors (Lipinski definition) is 0. The Bertz CT molecular complexity index is 179. The van der Waals surface area contributed by atoms with Crippen molar-refractivity contribution in [1.82, 2.24) is 0 Å². The minimum atomic E-state index is -4.11. The summed E-state index contributed by atoms with van der Waals surface area (Å²) in [7, 11) is 0. The van der Waals surface area contributed by atoms with Gasteiger partial charge in [0.25, 0.3) is 0 Å². The summed E-state index contributed by atoms with van der Waals surface area (Å²) in [6, 6.07) is 0. The van der Waals surface area contributed by atoms with Gasteiger partial charge in [0.15, 0.2) is 0 Å². The van der Waals surface area contributed by atoms with Crippen LogP contribution >= 0.6 is 0 Å². The predicted octanol–water partition coefficient (Wildman–Crippen LogP) is 4.57. The van der Waals surface area contributed by atoms with Crippen LogP contribution in [-0.2, 0) is 0 Å². The van der Waals surface area contributed by atoms with Crippen LogP contribution in [0.2, 0.25) is 0 Å². The van der Waals surface area contributed by atoms with Crippen molar-refractivity contribution in [1.29, 1.82) is 0 Å². The second kappa shape index (κ2) is 4.85. The first-order valence-corrected chi connectivity index (χ1v) is 4.92. The molecule has 0 saturated heterocycles. The molecule has 0 aromatic heterocycles. The average molecular weight is 208 g/mol. The standard InChI is InChI=1S/C11H19F3/c1-5-7-9(6-2)8-10(3,4)11(12,13)14/h5,9H,1,6-8H2,2-4H3. The maximum atomic E-state index is 12.5. The van der Waals surface area contributed by atoms with E-state index in [9.17, 15) is 13.2 Å². The highest BCUT2D eigenvalue weighted by Crippen LogP contribution is 2.43. The number of alkyl halides is 3. The first-order valence-electron chi connectivity index (χ1n) is 4.92. The molecule has 3 heteroatoms. The molecule has 0 aromatic rings. The summed E-state index contributed by atoms with van der Waals surface area (Å²) >= 11 is 0. The first-order chi connectivity index (χ1) is 6.24. The number of hydrogen-bond donors (Lipinski definition) is 0. The van der Waals surface area contributed by atoms with Crippen molar-refractivity contribution in [2.45, 2.75) is 46.2 Å². The van der Waals surface area contributed by atoms with E-state index in [2.05, 4.69) is 6.58 Å². The van der Waals surface area contributed by atoms with E-state index in [4.69, 9.17) is 0 Å². The molecule has 0 N–H and O–H groups in total. The largest absolute Gasteiger partial charge is 0.393 e. The summed E-state index contributed by atoms with van der Waals surface area (Å²) in [4.78, 5) is 0. The Morgan fingerprint density at radius 3 is 2.07 bits per heavy atom. The molecule has 0 bridgehead atoms. The van der Waals surface area contributed by atoms with E-state index in [1.165, 1.54) is 13.8 Å². The van der Waals surface area contributed by atoms with Crippen molar-refractivity contribution in [3.63, 3.8) is 0 Å². The van der Waals surface area contributed by atoms with Gasteiger partial charge >= 0.3 is 6.18 Å². The van der Waals surface area contributed by atoms with E-state index in [1.807, 2.05) is 6.92 Å². The highest BCUT2D eigenvalue weighted by Gasteiger charge is 2.47. The molecule has 14 heavy (non-hydrogen) atoms. The summed E-state index contributed by atoms with van der Waals surface area (Å²) in [5.41, 5.74) is -1.59. The minimum absolute atomic E-state index is 0.0872. The second-order valence-electron chi connectivity index (χ2n) is 4.38. The summed E-state index contributed by atoms with van der Waals surface area (Å²) < 4.78 is 37.6. The van der Waals surface area contributed by atoms with Crippen molar-refractivity contribution in [2.75, 3.05) is 0 Å². The molecule has 84 valence electrons. The van der Waals surface area contributed by atoms with E-state index < -0.39 is 11.6 Å². The van der Waals surface area contributed by atoms with Crippen LogP contribution in [0.3, 0.4) is 0 Å². The van der Waals surface area contributed by atoms with Gasteiger partial charge in [0.2, 0.25) is 0 Å². The molecule has 0 saturated carbocycles. The third kappa shape index (κ3) is 3.72. The van der Waals surface area contributed by atoms with Crippen LogP contribution in [0.15, 0.2) is 12.7 Å². The lowest BCUT2D eigenvalue weighted by atomic mass is 9.80. The molecule has 1 unspecified atom stereocenters. The lowest BCUT2D eigenvalue weighted by molar-refractivity contribution is -0.217. The summed E-state index contributed by atoms with van der Waals surface area (Å²) in [5.74, 6) is 0.0872. The zero-order valence-electron chi connectivity index (χ0n) is 9.12. The van der Waals surface area contributed by atoms with E-state index in [0.29, 0.717) is 6.42 Å². The number of halogens is 3. The molecule has 0 aliphatic heterocycles. The lowest BCUT2D eigenvalue weighted by Crippen LogP contribution is -2.34. The number of allylic oxidation sites excluding steroid dienone is 1. The topological polar surface area (TPSA) is 0 Å². The van der Waals surface area contributed by atoms with Crippen molar-refractivity contribution in [3.8, 4) is 0 Å². The Kier molecular flexibility index (Phi) is 4.69. The van der Waals surface area contributed by atoms with Crippen LogP contribution in [-0.4, -0.2) is 6.18 Å². The Balaban J connectivity index is 4.39. The Labute approximate surface area is 84.2 Å². The van der Waals surface area contributed by atoms with Gasteiger partial charge in [-0.1, -0.05) is 33.3 Å². The van der Waals surface area contributed by atoms with Crippen molar-refractivity contribution in [3.05, 3.63) is 12.7 Å². The molecule has 0 rings (SSSR count). The maximum Gasteiger partial charge on any atom is 0.393 e. The fourth-order valence-electron chi connectivity index (χ4n) is 1.47. The molecule has 0 aliphatic carbocycles. The van der Waals surface area contributed by atoms with Gasteiger partial charge in [-0.25, -0.2) is 0 Å². The fraction of sp³-hybridized carbons (Fsp3) is 0.818. The van der Waals surface area contributed by atoms with Gasteiger partial charge in [-0.15, -0.1) is 6.58 Å². The van der Waals surface area contributed by atoms with Gasteiger partial charge in [-0.2, -0.15) is 13.2 Å². The van der Waals surface area contributed by atoms with E-state index in [-0.39, 0.29) is 12.3 Å². The zero-order valence-corrected chi connectivity index (χ0v) is 9.12. The normalized spacial score (nSPS) is 15.3. The average Bonchev–Trinajstić information content (AvgIpc) is 2.01. The van der Waals surface area contributed by atoms with Crippen LogP contribution in [0.1, 0.15) is 40.0 Å². The number of rotatable bonds is 5. The Morgan fingerprint density at radius 2 is 1.79 bits per heavy atom. The van der Waals surface area contributed by atoms with Crippen molar-refractivity contribution >= 4 is 0 Å². The van der Waals surface area contributed by atoms with Gasteiger partial charge in [0.05, 0.1) is 5.41 Å². The van der Waals surface area contributed by atoms with Crippen LogP contribution in [0.25, 0.3) is 0 Å². The van der Waals surface area contributed by atoms with Gasteiger partial charge in [-0.05, 0) is 18.8 Å². The van der Waals surface area contributed by atoms with Crippen LogP contribution in [0.5, 0.6) is 0 Å². The summed E-state index contributed by atoms with van der Waals surface area (Å²) in [6.45, 7) is 8.00. The first kappa shape index (κ1) is 13.5. The SMILES string of the molecule is C=CCC(CC)CC(C)(C)C(F)(F)F. The van der Waals surface area contributed by atoms with E-state index >= 15 is 0 Å². The smallest absolute Gasteiger partial charge is 0.171 e. The van der Waals surface area contributed by atoms with Gasteiger partial charge in [0, 0.05) is 0 Å². The summed E-state index contributed by atoms with van der Waals surface area (Å²) in [5, 5.41) is 0. The molecule has 0 amide bonds.